The first-order chi connectivity index (χ1) is 9.02. The van der Waals surface area contributed by atoms with E-state index in [1.807, 2.05) is 6.92 Å². The number of nitrogens with one attached hydrogen (secondary N) is 1. The van der Waals surface area contributed by atoms with Gasteiger partial charge in [-0.1, -0.05) is 13.0 Å². The van der Waals surface area contributed by atoms with E-state index in [0.29, 0.717) is 17.0 Å². The number of benzene rings is 1. The normalized spacial score (nSPS) is 23.6. The minimum Gasteiger partial charge on any atom is -0.393 e. The number of aliphatic hydroxyl groups excluding tert-OH is 1. The Hall–Kier alpha value is -1.42. The lowest BCUT2D eigenvalue weighted by Crippen LogP contribution is -2.46. The van der Waals surface area contributed by atoms with Crippen molar-refractivity contribution in [2.75, 3.05) is 0 Å². The molecule has 1 amide bonds. The van der Waals surface area contributed by atoms with Gasteiger partial charge in [0.15, 0.2) is 0 Å². The molecule has 104 valence electrons. The maximum absolute atomic E-state index is 13.4. The standard InChI is InChI=1S/C15H20FNO2/c1-3-14(10-7-11(18)8-10)17-15(19)12-5-4-6-13(16)9(12)2/h4-6,10-11,14,18H,3,7-8H2,1-2H3,(H,17,19)/t10?,11?,14-/m0/s1. The number of aliphatic hydroxyl groups is 1. The molecule has 0 aromatic heterocycles. The van der Waals surface area contributed by atoms with Crippen LogP contribution in [0.2, 0.25) is 0 Å². The average molecular weight is 265 g/mol. The zero-order valence-electron chi connectivity index (χ0n) is 11.3. The second-order valence-electron chi connectivity index (χ2n) is 5.29. The summed E-state index contributed by atoms with van der Waals surface area (Å²) in [6.45, 7) is 3.62. The van der Waals surface area contributed by atoms with Crippen LogP contribution in [0.4, 0.5) is 4.39 Å². The third-order valence-electron chi connectivity index (χ3n) is 3.99. The predicted molar refractivity (Wildman–Crippen MR) is 71.4 cm³/mol. The Bertz CT molecular complexity index is 469. The highest BCUT2D eigenvalue weighted by atomic mass is 19.1. The Balaban J connectivity index is 2.05. The van der Waals surface area contributed by atoms with Gasteiger partial charge in [0.25, 0.3) is 5.91 Å². The van der Waals surface area contributed by atoms with Crippen LogP contribution in [0.1, 0.15) is 42.1 Å². The van der Waals surface area contributed by atoms with Gasteiger partial charge < -0.3 is 10.4 Å². The van der Waals surface area contributed by atoms with Crippen molar-refractivity contribution in [1.82, 2.24) is 5.32 Å². The zero-order valence-corrected chi connectivity index (χ0v) is 11.3. The largest absolute Gasteiger partial charge is 0.393 e. The van der Waals surface area contributed by atoms with E-state index in [1.165, 1.54) is 6.07 Å². The average Bonchev–Trinajstić information content (AvgIpc) is 2.35. The van der Waals surface area contributed by atoms with E-state index in [-0.39, 0.29) is 23.9 Å². The minimum absolute atomic E-state index is 0.0542. The summed E-state index contributed by atoms with van der Waals surface area (Å²) >= 11 is 0. The van der Waals surface area contributed by atoms with E-state index >= 15 is 0 Å². The van der Waals surface area contributed by atoms with Crippen LogP contribution in [-0.4, -0.2) is 23.2 Å². The molecule has 1 saturated carbocycles. The van der Waals surface area contributed by atoms with Gasteiger partial charge in [-0.15, -0.1) is 0 Å². The first kappa shape index (κ1) is 14.0. The van der Waals surface area contributed by atoms with Crippen LogP contribution < -0.4 is 5.32 Å². The smallest absolute Gasteiger partial charge is 0.251 e. The van der Waals surface area contributed by atoms with E-state index in [0.717, 1.165) is 19.3 Å². The molecule has 4 heteroatoms. The summed E-state index contributed by atoms with van der Waals surface area (Å²) in [6, 6.07) is 4.59. The summed E-state index contributed by atoms with van der Waals surface area (Å²) < 4.78 is 13.4. The van der Waals surface area contributed by atoms with Gasteiger partial charge in [0.05, 0.1) is 6.10 Å². The zero-order chi connectivity index (χ0) is 14.0. The molecule has 1 atom stereocenters. The molecule has 1 aromatic rings. The fourth-order valence-corrected chi connectivity index (χ4v) is 2.61. The van der Waals surface area contributed by atoms with Crippen LogP contribution in [0.25, 0.3) is 0 Å². The summed E-state index contributed by atoms with van der Waals surface area (Å²) in [7, 11) is 0. The molecule has 0 radical (unpaired) electrons. The van der Waals surface area contributed by atoms with Crippen molar-refractivity contribution in [1.29, 1.82) is 0 Å². The molecule has 1 aromatic carbocycles. The fraction of sp³-hybridized carbons (Fsp3) is 0.533. The van der Waals surface area contributed by atoms with E-state index in [4.69, 9.17) is 0 Å². The van der Waals surface area contributed by atoms with Crippen molar-refractivity contribution in [2.24, 2.45) is 5.92 Å². The molecule has 2 rings (SSSR count). The number of carbonyl (C=O) groups excluding carboxylic acids is 1. The monoisotopic (exact) mass is 265 g/mol. The highest BCUT2D eigenvalue weighted by Crippen LogP contribution is 2.31. The van der Waals surface area contributed by atoms with E-state index < -0.39 is 0 Å². The molecule has 1 aliphatic carbocycles. The van der Waals surface area contributed by atoms with Crippen LogP contribution in [0.3, 0.4) is 0 Å². The molecule has 0 spiro atoms. The molecule has 0 saturated heterocycles. The molecule has 1 fully saturated rings. The van der Waals surface area contributed by atoms with Gasteiger partial charge >= 0.3 is 0 Å². The third-order valence-corrected chi connectivity index (χ3v) is 3.99. The molecule has 19 heavy (non-hydrogen) atoms. The Labute approximate surface area is 112 Å². The number of carbonyl (C=O) groups is 1. The summed E-state index contributed by atoms with van der Waals surface area (Å²) in [4.78, 5) is 12.2. The highest BCUT2D eigenvalue weighted by Gasteiger charge is 2.34. The number of hydrogen-bond donors (Lipinski definition) is 2. The lowest BCUT2D eigenvalue weighted by atomic mass is 9.76. The second kappa shape index (κ2) is 5.70. The van der Waals surface area contributed by atoms with Crippen molar-refractivity contribution in [3.8, 4) is 0 Å². The van der Waals surface area contributed by atoms with E-state index in [9.17, 15) is 14.3 Å². The second-order valence-corrected chi connectivity index (χ2v) is 5.29. The van der Waals surface area contributed by atoms with Crippen molar-refractivity contribution >= 4 is 5.91 Å². The maximum atomic E-state index is 13.4. The number of hydrogen-bond acceptors (Lipinski definition) is 2. The summed E-state index contributed by atoms with van der Waals surface area (Å²) in [6.07, 6.45) is 2.06. The molecule has 0 aliphatic heterocycles. The highest BCUT2D eigenvalue weighted by molar-refractivity contribution is 5.95. The van der Waals surface area contributed by atoms with Gasteiger partial charge in [-0.3, -0.25) is 4.79 Å². The Morgan fingerprint density at radius 1 is 1.53 bits per heavy atom. The maximum Gasteiger partial charge on any atom is 0.251 e. The van der Waals surface area contributed by atoms with Crippen LogP contribution in [-0.2, 0) is 0 Å². The van der Waals surface area contributed by atoms with Crippen molar-refractivity contribution in [3.05, 3.63) is 35.1 Å². The lowest BCUT2D eigenvalue weighted by molar-refractivity contribution is 0.0232. The third kappa shape index (κ3) is 2.95. The molecular weight excluding hydrogens is 245 g/mol. The van der Waals surface area contributed by atoms with Crippen molar-refractivity contribution in [2.45, 2.75) is 45.3 Å². The lowest BCUT2D eigenvalue weighted by Gasteiger charge is -2.37. The SMILES string of the molecule is CC[C@H](NC(=O)c1cccc(F)c1C)C1CC(O)C1. The molecule has 0 unspecified atom stereocenters. The van der Waals surface area contributed by atoms with E-state index in [2.05, 4.69) is 5.32 Å². The van der Waals surface area contributed by atoms with Crippen molar-refractivity contribution in [3.63, 3.8) is 0 Å². The summed E-state index contributed by atoms with van der Waals surface area (Å²) in [5, 5.41) is 12.3. The summed E-state index contributed by atoms with van der Waals surface area (Å²) in [5.74, 6) is -0.261. The van der Waals surface area contributed by atoms with Crippen LogP contribution >= 0.6 is 0 Å². The number of rotatable bonds is 4. The molecule has 0 heterocycles. The molecular formula is C15H20FNO2. The molecule has 0 bridgehead atoms. The minimum atomic E-state index is -0.361. The Morgan fingerprint density at radius 2 is 2.21 bits per heavy atom. The van der Waals surface area contributed by atoms with Gasteiger partial charge in [-0.05, 0) is 49.8 Å². The van der Waals surface area contributed by atoms with Gasteiger partial charge in [-0.25, -0.2) is 4.39 Å². The molecule has 1 aliphatic rings. The number of amides is 1. The van der Waals surface area contributed by atoms with Crippen LogP contribution in [0, 0.1) is 18.7 Å². The quantitative estimate of drug-likeness (QED) is 0.878. The Kier molecular flexibility index (Phi) is 4.20. The van der Waals surface area contributed by atoms with Crippen LogP contribution in [0.5, 0.6) is 0 Å². The topological polar surface area (TPSA) is 49.3 Å². The molecule has 3 nitrogen and oxygen atoms in total. The van der Waals surface area contributed by atoms with Gasteiger partial charge in [0.2, 0.25) is 0 Å². The first-order valence-corrected chi connectivity index (χ1v) is 6.77. The molecule has 2 N–H and O–H groups in total. The van der Waals surface area contributed by atoms with E-state index in [1.54, 1.807) is 19.1 Å². The Morgan fingerprint density at radius 3 is 2.79 bits per heavy atom. The van der Waals surface area contributed by atoms with Gasteiger partial charge in [-0.2, -0.15) is 0 Å². The van der Waals surface area contributed by atoms with Crippen LogP contribution in [0.15, 0.2) is 18.2 Å². The fourth-order valence-electron chi connectivity index (χ4n) is 2.61. The van der Waals surface area contributed by atoms with Gasteiger partial charge in [0, 0.05) is 11.6 Å². The van der Waals surface area contributed by atoms with Crippen molar-refractivity contribution < 1.29 is 14.3 Å². The predicted octanol–water partition coefficient (Wildman–Crippen LogP) is 2.41. The summed E-state index contributed by atoms with van der Waals surface area (Å²) in [5.41, 5.74) is 0.766. The van der Waals surface area contributed by atoms with Gasteiger partial charge in [0.1, 0.15) is 5.82 Å². The number of halogens is 1. The first-order valence-electron chi connectivity index (χ1n) is 6.77.